The monoisotopic (exact) mass is 344 g/mol. The van der Waals surface area contributed by atoms with E-state index in [1.165, 1.54) is 11.3 Å². The van der Waals surface area contributed by atoms with E-state index in [0.29, 0.717) is 34.2 Å². The van der Waals surface area contributed by atoms with Crippen molar-refractivity contribution in [2.24, 2.45) is 0 Å². The molecule has 2 N–H and O–H groups in total. The second-order valence-corrected chi connectivity index (χ2v) is 5.74. The molecule has 3 rings (SSSR count). The van der Waals surface area contributed by atoms with Crippen molar-refractivity contribution in [2.75, 3.05) is 31.9 Å². The standard InChI is InChI=1S/C16H16N4O3S/c1-17-16-18-7-13-14(20-16)10(8-24-13)15(21)19-9-4-5-11(22-2)12(6-9)23-3/h4-8H,1-3H3,(H,19,21)(H,17,18,20). The van der Waals surface area contributed by atoms with Gasteiger partial charge in [-0.15, -0.1) is 11.3 Å². The predicted molar refractivity (Wildman–Crippen MR) is 94.5 cm³/mol. The fourth-order valence-electron chi connectivity index (χ4n) is 2.22. The van der Waals surface area contributed by atoms with E-state index in [0.717, 1.165) is 4.70 Å². The molecule has 0 spiro atoms. The molecule has 1 aromatic carbocycles. The highest BCUT2D eigenvalue weighted by Gasteiger charge is 2.15. The molecule has 3 aromatic rings. The summed E-state index contributed by atoms with van der Waals surface area (Å²) in [7, 11) is 4.84. The van der Waals surface area contributed by atoms with Gasteiger partial charge in [-0.05, 0) is 12.1 Å². The summed E-state index contributed by atoms with van der Waals surface area (Å²) in [6.07, 6.45) is 1.70. The number of hydrogen-bond acceptors (Lipinski definition) is 7. The minimum absolute atomic E-state index is 0.241. The molecule has 8 heteroatoms. The van der Waals surface area contributed by atoms with E-state index in [1.54, 1.807) is 51.0 Å². The molecule has 0 saturated heterocycles. The Balaban J connectivity index is 1.90. The number of ether oxygens (including phenoxy) is 2. The van der Waals surface area contributed by atoms with Crippen LogP contribution in [0.2, 0.25) is 0 Å². The van der Waals surface area contributed by atoms with Crippen LogP contribution in [-0.2, 0) is 0 Å². The Bertz CT molecular complexity index is 894. The Morgan fingerprint density at radius 1 is 1.21 bits per heavy atom. The number of amides is 1. The number of carbonyl (C=O) groups excluding carboxylic acids is 1. The minimum atomic E-state index is -0.241. The minimum Gasteiger partial charge on any atom is -0.493 e. The van der Waals surface area contributed by atoms with Gasteiger partial charge in [-0.1, -0.05) is 0 Å². The number of aromatic nitrogens is 2. The van der Waals surface area contributed by atoms with Crippen molar-refractivity contribution < 1.29 is 14.3 Å². The summed E-state index contributed by atoms with van der Waals surface area (Å²) in [6, 6.07) is 5.20. The zero-order chi connectivity index (χ0) is 17.1. The van der Waals surface area contributed by atoms with Gasteiger partial charge in [-0.25, -0.2) is 9.97 Å². The molecule has 7 nitrogen and oxygen atoms in total. The highest BCUT2D eigenvalue weighted by molar-refractivity contribution is 7.17. The number of hydrogen-bond donors (Lipinski definition) is 2. The molecule has 0 aliphatic rings. The molecule has 0 unspecified atom stereocenters. The van der Waals surface area contributed by atoms with Crippen molar-refractivity contribution in [1.82, 2.24) is 9.97 Å². The quantitative estimate of drug-likeness (QED) is 0.740. The number of fused-ring (bicyclic) bond motifs is 1. The van der Waals surface area contributed by atoms with Gasteiger partial charge in [0.05, 0.1) is 36.2 Å². The topological polar surface area (TPSA) is 85.4 Å². The Morgan fingerprint density at radius 2 is 2.00 bits per heavy atom. The number of thiophene rings is 1. The normalized spacial score (nSPS) is 10.5. The summed E-state index contributed by atoms with van der Waals surface area (Å²) in [5.74, 6) is 1.38. The molecule has 0 saturated carbocycles. The molecule has 0 atom stereocenters. The fourth-order valence-corrected chi connectivity index (χ4v) is 3.07. The smallest absolute Gasteiger partial charge is 0.258 e. The molecule has 0 aliphatic carbocycles. The maximum atomic E-state index is 12.6. The van der Waals surface area contributed by atoms with Gasteiger partial charge >= 0.3 is 0 Å². The van der Waals surface area contributed by atoms with Crippen molar-refractivity contribution in [1.29, 1.82) is 0 Å². The van der Waals surface area contributed by atoms with Gasteiger partial charge in [0.25, 0.3) is 5.91 Å². The number of benzene rings is 1. The third kappa shape index (κ3) is 2.95. The number of methoxy groups -OCH3 is 2. The van der Waals surface area contributed by atoms with Crippen LogP contribution in [-0.4, -0.2) is 37.1 Å². The zero-order valence-corrected chi connectivity index (χ0v) is 14.2. The maximum absolute atomic E-state index is 12.6. The summed E-state index contributed by atoms with van der Waals surface area (Å²) < 4.78 is 11.3. The zero-order valence-electron chi connectivity index (χ0n) is 13.4. The van der Waals surface area contributed by atoms with Crippen LogP contribution >= 0.6 is 11.3 Å². The van der Waals surface area contributed by atoms with Crippen molar-refractivity contribution in [3.8, 4) is 11.5 Å². The lowest BCUT2D eigenvalue weighted by atomic mass is 10.2. The van der Waals surface area contributed by atoms with E-state index in [2.05, 4.69) is 20.6 Å². The van der Waals surface area contributed by atoms with Crippen LogP contribution in [0, 0.1) is 0 Å². The molecular formula is C16H16N4O3S. The van der Waals surface area contributed by atoms with E-state index < -0.39 is 0 Å². The van der Waals surface area contributed by atoms with Gasteiger partial charge in [0.2, 0.25) is 5.95 Å². The third-order valence-electron chi connectivity index (χ3n) is 3.42. The molecule has 0 bridgehead atoms. The van der Waals surface area contributed by atoms with Crippen molar-refractivity contribution in [3.63, 3.8) is 0 Å². The average Bonchev–Trinajstić information content (AvgIpc) is 3.04. The maximum Gasteiger partial charge on any atom is 0.258 e. The average molecular weight is 344 g/mol. The number of anilines is 2. The van der Waals surface area contributed by atoms with E-state index >= 15 is 0 Å². The lowest BCUT2D eigenvalue weighted by molar-refractivity contribution is 0.102. The molecule has 0 fully saturated rings. The van der Waals surface area contributed by atoms with Crippen LogP contribution < -0.4 is 20.1 Å². The second-order valence-electron chi connectivity index (χ2n) is 4.83. The van der Waals surface area contributed by atoms with Crippen molar-refractivity contribution >= 4 is 39.1 Å². The summed E-state index contributed by atoms with van der Waals surface area (Å²) in [5.41, 5.74) is 1.74. The summed E-state index contributed by atoms with van der Waals surface area (Å²) in [5, 5.41) is 7.50. The van der Waals surface area contributed by atoms with Crippen LogP contribution in [0.5, 0.6) is 11.5 Å². The van der Waals surface area contributed by atoms with Crippen LogP contribution in [0.25, 0.3) is 10.2 Å². The van der Waals surface area contributed by atoms with Crippen LogP contribution in [0.15, 0.2) is 29.8 Å². The van der Waals surface area contributed by atoms with Crippen LogP contribution in [0.1, 0.15) is 10.4 Å². The lowest BCUT2D eigenvalue weighted by Gasteiger charge is -2.10. The fraction of sp³-hybridized carbons (Fsp3) is 0.188. The summed E-state index contributed by atoms with van der Waals surface area (Å²) in [6.45, 7) is 0. The molecule has 2 heterocycles. The SMILES string of the molecule is CNc1ncc2scc(C(=O)Nc3ccc(OC)c(OC)c3)c2n1. The number of rotatable bonds is 5. The van der Waals surface area contributed by atoms with Gasteiger partial charge in [0.1, 0.15) is 0 Å². The first-order valence-corrected chi connectivity index (χ1v) is 7.99. The summed E-state index contributed by atoms with van der Waals surface area (Å²) in [4.78, 5) is 21.1. The van der Waals surface area contributed by atoms with E-state index in [9.17, 15) is 4.79 Å². The van der Waals surface area contributed by atoms with E-state index in [4.69, 9.17) is 9.47 Å². The largest absolute Gasteiger partial charge is 0.493 e. The Hall–Kier alpha value is -2.87. The molecular weight excluding hydrogens is 328 g/mol. The highest BCUT2D eigenvalue weighted by Crippen LogP contribution is 2.31. The van der Waals surface area contributed by atoms with Gasteiger partial charge in [-0.3, -0.25) is 4.79 Å². The van der Waals surface area contributed by atoms with Gasteiger partial charge in [0.15, 0.2) is 11.5 Å². The van der Waals surface area contributed by atoms with E-state index in [1.807, 2.05) is 0 Å². The van der Waals surface area contributed by atoms with Gasteiger partial charge in [0, 0.05) is 24.2 Å². The first-order chi connectivity index (χ1) is 11.7. The highest BCUT2D eigenvalue weighted by atomic mass is 32.1. The Kier molecular flexibility index (Phi) is 4.48. The third-order valence-corrected chi connectivity index (χ3v) is 4.33. The summed E-state index contributed by atoms with van der Waals surface area (Å²) >= 11 is 1.43. The first-order valence-electron chi connectivity index (χ1n) is 7.11. The molecule has 2 aromatic heterocycles. The lowest BCUT2D eigenvalue weighted by Crippen LogP contribution is -2.12. The Morgan fingerprint density at radius 3 is 2.71 bits per heavy atom. The number of nitrogens with one attached hydrogen (secondary N) is 2. The first kappa shape index (κ1) is 16.0. The van der Waals surface area contributed by atoms with E-state index in [-0.39, 0.29) is 5.91 Å². The van der Waals surface area contributed by atoms with Crippen molar-refractivity contribution in [3.05, 3.63) is 35.3 Å². The second kappa shape index (κ2) is 6.71. The molecule has 1 amide bonds. The van der Waals surface area contributed by atoms with Crippen molar-refractivity contribution in [2.45, 2.75) is 0 Å². The number of nitrogens with zero attached hydrogens (tertiary/aromatic N) is 2. The molecule has 124 valence electrons. The molecule has 24 heavy (non-hydrogen) atoms. The van der Waals surface area contributed by atoms with Gasteiger partial charge < -0.3 is 20.1 Å². The molecule has 0 aliphatic heterocycles. The Labute approximate surface area is 142 Å². The van der Waals surface area contributed by atoms with Crippen LogP contribution in [0.4, 0.5) is 11.6 Å². The molecule has 0 radical (unpaired) electrons. The van der Waals surface area contributed by atoms with Crippen LogP contribution in [0.3, 0.4) is 0 Å². The number of carbonyl (C=O) groups is 1. The predicted octanol–water partition coefficient (Wildman–Crippen LogP) is 3.00. The van der Waals surface area contributed by atoms with Gasteiger partial charge in [-0.2, -0.15) is 0 Å².